The molecule has 32 heavy (non-hydrogen) atoms. The molecule has 2 saturated heterocycles. The highest BCUT2D eigenvalue weighted by Gasteiger charge is 2.66. The lowest BCUT2D eigenvalue weighted by molar-refractivity contribution is -0.135. The van der Waals surface area contributed by atoms with Crippen LogP contribution in [0.4, 0.5) is 10.1 Å². The maximum atomic E-state index is 14.0. The van der Waals surface area contributed by atoms with Crippen LogP contribution in [0.25, 0.3) is 10.9 Å². The van der Waals surface area contributed by atoms with Crippen molar-refractivity contribution in [3.63, 3.8) is 0 Å². The number of nitrogens with zero attached hydrogens (tertiary/aromatic N) is 1. The molecule has 2 fully saturated rings. The number of carbonyl (C=O) groups excluding carboxylic acids is 2. The van der Waals surface area contributed by atoms with E-state index in [-0.39, 0.29) is 17.5 Å². The molecule has 3 aromatic rings. The Morgan fingerprint density at radius 2 is 2.03 bits per heavy atom. The molecule has 0 radical (unpaired) electrons. The predicted molar refractivity (Wildman–Crippen MR) is 117 cm³/mol. The van der Waals surface area contributed by atoms with E-state index in [0.717, 1.165) is 16.5 Å². The molecule has 3 aliphatic heterocycles. The van der Waals surface area contributed by atoms with Crippen LogP contribution in [0.1, 0.15) is 5.56 Å². The number of para-hydroxylation sites is 2. The number of aromatic amines is 1. The number of hydrogen-bond donors (Lipinski definition) is 2. The average molecular weight is 431 g/mol. The zero-order valence-electron chi connectivity index (χ0n) is 17.3. The molecule has 6 nitrogen and oxygen atoms in total. The molecular weight excluding hydrogens is 409 g/mol. The number of hydrogen-bond acceptors (Lipinski definition) is 3. The third-order valence-corrected chi connectivity index (χ3v) is 6.94. The normalized spacial score (nSPS) is 28.0. The molecule has 3 aliphatic rings. The Labute approximate surface area is 184 Å². The SMILES string of the molecule is O=C(Nc1ccccc1F)C1[C@@H]2C=C[C@@]3(CN(CCc4c[nH]c5ccccc45)C(=O)[C@@H]13)O2. The van der Waals surface area contributed by atoms with E-state index in [0.29, 0.717) is 19.5 Å². The molecule has 4 atom stereocenters. The highest BCUT2D eigenvalue weighted by atomic mass is 19.1. The maximum Gasteiger partial charge on any atom is 0.231 e. The van der Waals surface area contributed by atoms with Crippen molar-refractivity contribution in [3.05, 3.63) is 78.3 Å². The molecule has 0 saturated carbocycles. The van der Waals surface area contributed by atoms with Crippen LogP contribution in [0.2, 0.25) is 0 Å². The molecule has 2 N–H and O–H groups in total. The molecule has 2 aromatic carbocycles. The third-order valence-electron chi connectivity index (χ3n) is 6.94. The van der Waals surface area contributed by atoms with Crippen molar-refractivity contribution in [3.8, 4) is 0 Å². The summed E-state index contributed by atoms with van der Waals surface area (Å²) >= 11 is 0. The molecule has 4 heterocycles. The number of H-pyrrole nitrogens is 1. The van der Waals surface area contributed by atoms with Crippen LogP contribution in [0.3, 0.4) is 0 Å². The lowest BCUT2D eigenvalue weighted by atomic mass is 9.77. The Bertz CT molecular complexity index is 1270. The van der Waals surface area contributed by atoms with Gasteiger partial charge in [0.2, 0.25) is 11.8 Å². The molecule has 2 amide bonds. The quantitative estimate of drug-likeness (QED) is 0.609. The van der Waals surface area contributed by atoms with Gasteiger partial charge in [-0.1, -0.05) is 42.5 Å². The molecule has 0 aliphatic carbocycles. The monoisotopic (exact) mass is 431 g/mol. The molecule has 1 aromatic heterocycles. The van der Waals surface area contributed by atoms with Gasteiger partial charge in [-0.25, -0.2) is 4.39 Å². The zero-order chi connectivity index (χ0) is 21.9. The second kappa shape index (κ2) is 7.03. The summed E-state index contributed by atoms with van der Waals surface area (Å²) in [7, 11) is 0. The third kappa shape index (κ3) is 2.81. The maximum absolute atomic E-state index is 14.0. The minimum Gasteiger partial charge on any atom is -0.361 e. The first-order valence-corrected chi connectivity index (χ1v) is 10.8. The average Bonchev–Trinajstić information content (AvgIpc) is 3.54. The van der Waals surface area contributed by atoms with Gasteiger partial charge in [0.05, 0.1) is 30.2 Å². The van der Waals surface area contributed by atoms with Crippen molar-refractivity contribution < 1.29 is 18.7 Å². The summed E-state index contributed by atoms with van der Waals surface area (Å²) in [6, 6.07) is 14.1. The molecule has 162 valence electrons. The van der Waals surface area contributed by atoms with Crippen molar-refractivity contribution in [1.29, 1.82) is 0 Å². The predicted octanol–water partition coefficient (Wildman–Crippen LogP) is 3.27. The number of likely N-dealkylation sites (tertiary alicyclic amines) is 1. The van der Waals surface area contributed by atoms with E-state index in [2.05, 4.69) is 16.4 Å². The van der Waals surface area contributed by atoms with Gasteiger partial charge in [0.15, 0.2) is 0 Å². The Morgan fingerprint density at radius 3 is 2.91 bits per heavy atom. The van der Waals surface area contributed by atoms with Gasteiger partial charge < -0.3 is 19.9 Å². The van der Waals surface area contributed by atoms with Crippen LogP contribution in [0, 0.1) is 17.7 Å². The smallest absolute Gasteiger partial charge is 0.231 e. The number of carbonyl (C=O) groups is 2. The first-order valence-electron chi connectivity index (χ1n) is 10.8. The summed E-state index contributed by atoms with van der Waals surface area (Å²) in [6.07, 6.45) is 6.01. The van der Waals surface area contributed by atoms with Crippen molar-refractivity contribution >= 4 is 28.4 Å². The van der Waals surface area contributed by atoms with E-state index >= 15 is 0 Å². The number of fused-ring (bicyclic) bond motifs is 2. The van der Waals surface area contributed by atoms with Gasteiger partial charge >= 0.3 is 0 Å². The fourth-order valence-corrected chi connectivity index (χ4v) is 5.44. The van der Waals surface area contributed by atoms with Gasteiger partial charge in [-0.3, -0.25) is 9.59 Å². The van der Waals surface area contributed by atoms with Crippen LogP contribution in [0.15, 0.2) is 66.9 Å². The number of nitrogens with one attached hydrogen (secondary N) is 2. The summed E-state index contributed by atoms with van der Waals surface area (Å²) < 4.78 is 20.2. The van der Waals surface area contributed by atoms with Crippen molar-refractivity contribution in [2.75, 3.05) is 18.4 Å². The first kappa shape index (κ1) is 19.3. The lowest BCUT2D eigenvalue weighted by Crippen LogP contribution is -2.41. The van der Waals surface area contributed by atoms with E-state index in [1.54, 1.807) is 17.0 Å². The highest BCUT2D eigenvalue weighted by molar-refractivity contribution is 5.99. The standard InChI is InChI=1S/C25H22FN3O3/c26-17-6-2-4-8-19(17)28-23(30)21-20-9-11-25(32-20)14-29(24(31)22(21)25)12-10-15-13-27-18-7-3-1-5-16(15)18/h1-9,11,13,20-22,27H,10,12,14H2,(H,28,30)/t20-,21?,22+,25-/m0/s1. The first-order chi connectivity index (χ1) is 15.6. The Kier molecular flexibility index (Phi) is 4.23. The van der Waals surface area contributed by atoms with Crippen molar-refractivity contribution in [2.45, 2.75) is 18.1 Å². The van der Waals surface area contributed by atoms with Gasteiger partial charge in [-0.2, -0.15) is 0 Å². The van der Waals surface area contributed by atoms with E-state index in [1.165, 1.54) is 12.1 Å². The number of halogens is 1. The van der Waals surface area contributed by atoms with E-state index < -0.39 is 29.4 Å². The molecular formula is C25H22FN3O3. The molecule has 7 heteroatoms. The number of amides is 2. The number of rotatable bonds is 5. The summed E-state index contributed by atoms with van der Waals surface area (Å²) in [5.74, 6) is -2.24. The van der Waals surface area contributed by atoms with Gasteiger partial charge in [-0.05, 0) is 30.2 Å². The fraction of sp³-hybridized carbons (Fsp3) is 0.280. The minimum atomic E-state index is -0.779. The molecule has 1 unspecified atom stereocenters. The summed E-state index contributed by atoms with van der Waals surface area (Å²) in [5.41, 5.74) is 1.55. The van der Waals surface area contributed by atoms with Gasteiger partial charge in [0, 0.05) is 23.6 Å². The largest absolute Gasteiger partial charge is 0.361 e. The molecule has 6 rings (SSSR count). The van der Waals surface area contributed by atoms with Crippen LogP contribution in [-0.4, -0.2) is 46.5 Å². The Balaban J connectivity index is 1.21. The number of ether oxygens (including phenoxy) is 1. The Morgan fingerprint density at radius 1 is 1.22 bits per heavy atom. The van der Waals surface area contributed by atoms with Gasteiger partial charge in [-0.15, -0.1) is 0 Å². The van der Waals surface area contributed by atoms with E-state index in [4.69, 9.17) is 4.74 Å². The lowest BCUT2D eigenvalue weighted by Gasteiger charge is -2.23. The number of aromatic nitrogens is 1. The summed E-state index contributed by atoms with van der Waals surface area (Å²) in [4.78, 5) is 31.5. The van der Waals surface area contributed by atoms with Crippen molar-refractivity contribution in [1.82, 2.24) is 9.88 Å². The van der Waals surface area contributed by atoms with E-state index in [9.17, 15) is 14.0 Å². The van der Waals surface area contributed by atoms with Crippen LogP contribution < -0.4 is 5.32 Å². The summed E-state index contributed by atoms with van der Waals surface area (Å²) in [6.45, 7) is 0.970. The number of anilines is 1. The second-order valence-corrected chi connectivity index (χ2v) is 8.74. The molecule has 2 bridgehead atoms. The zero-order valence-corrected chi connectivity index (χ0v) is 17.3. The van der Waals surface area contributed by atoms with Crippen LogP contribution in [-0.2, 0) is 20.7 Å². The van der Waals surface area contributed by atoms with Gasteiger partial charge in [0.25, 0.3) is 0 Å². The molecule has 1 spiro atoms. The fourth-order valence-electron chi connectivity index (χ4n) is 5.44. The second-order valence-electron chi connectivity index (χ2n) is 8.74. The van der Waals surface area contributed by atoms with Crippen LogP contribution >= 0.6 is 0 Å². The number of benzene rings is 2. The Hall–Kier alpha value is -3.45. The van der Waals surface area contributed by atoms with E-state index in [1.807, 2.05) is 36.5 Å². The van der Waals surface area contributed by atoms with Crippen molar-refractivity contribution in [2.24, 2.45) is 11.8 Å². The van der Waals surface area contributed by atoms with Gasteiger partial charge in [0.1, 0.15) is 11.4 Å². The minimum absolute atomic E-state index is 0.0784. The summed E-state index contributed by atoms with van der Waals surface area (Å²) in [5, 5.41) is 3.80. The highest BCUT2D eigenvalue weighted by Crippen LogP contribution is 2.52. The topological polar surface area (TPSA) is 74.4 Å². The van der Waals surface area contributed by atoms with Crippen LogP contribution in [0.5, 0.6) is 0 Å².